The topological polar surface area (TPSA) is 62.9 Å². The molecule has 3 aromatic rings. The van der Waals surface area contributed by atoms with Crippen LogP contribution in [0.3, 0.4) is 0 Å². The van der Waals surface area contributed by atoms with Crippen LogP contribution in [-0.4, -0.2) is 56.1 Å². The van der Waals surface area contributed by atoms with Gasteiger partial charge in [-0.1, -0.05) is 36.4 Å². The number of pyridine rings is 1. The number of aromatic nitrogens is 3. The van der Waals surface area contributed by atoms with Gasteiger partial charge in [0.1, 0.15) is 6.54 Å². The number of carbonyl (C=O) groups excluding carboxylic acids is 1. The van der Waals surface area contributed by atoms with Gasteiger partial charge < -0.3 is 4.90 Å². The summed E-state index contributed by atoms with van der Waals surface area (Å²) in [4.78, 5) is 29.3. The van der Waals surface area contributed by atoms with E-state index in [0.29, 0.717) is 18.7 Å². The highest BCUT2D eigenvalue weighted by Gasteiger charge is 2.20. The molecule has 7 nitrogen and oxygen atoms in total. The summed E-state index contributed by atoms with van der Waals surface area (Å²) in [5, 5.41) is 4.25. The number of nitrogens with zero attached hydrogens (tertiary/aromatic N) is 5. The van der Waals surface area contributed by atoms with Crippen molar-refractivity contribution in [1.82, 2.24) is 24.0 Å². The molecule has 1 aromatic carbocycles. The Morgan fingerprint density at radius 3 is 2.59 bits per heavy atom. The molecule has 0 saturated carbocycles. The molecule has 1 amide bonds. The lowest BCUT2D eigenvalue weighted by Gasteiger charge is -2.22. The number of benzene rings is 1. The second-order valence-corrected chi connectivity index (χ2v) is 6.87. The molecule has 7 heteroatoms. The SMILES string of the molecule is O=C(Cn1nc2ccccn2c1=O)N1CCCN(Cc2ccccc2)CC1. The van der Waals surface area contributed by atoms with Crippen LogP contribution in [0.2, 0.25) is 0 Å². The first-order chi connectivity index (χ1) is 13.2. The fraction of sp³-hybridized carbons (Fsp3) is 0.350. The van der Waals surface area contributed by atoms with E-state index in [9.17, 15) is 9.59 Å². The standard InChI is InChI=1S/C20H23N5O2/c26-19(16-25-20(27)24-12-5-4-9-18(24)21-25)23-11-6-10-22(13-14-23)15-17-7-2-1-3-8-17/h1-5,7-9,12H,6,10-11,13-16H2. The Morgan fingerprint density at radius 2 is 1.78 bits per heavy atom. The third kappa shape index (κ3) is 3.93. The van der Waals surface area contributed by atoms with Crippen LogP contribution in [-0.2, 0) is 17.9 Å². The molecule has 1 aliphatic heterocycles. The van der Waals surface area contributed by atoms with E-state index in [0.717, 1.165) is 26.1 Å². The molecule has 0 aliphatic carbocycles. The zero-order chi connectivity index (χ0) is 18.6. The van der Waals surface area contributed by atoms with Gasteiger partial charge in [0.15, 0.2) is 5.65 Å². The molecule has 3 heterocycles. The molecule has 0 spiro atoms. The zero-order valence-corrected chi connectivity index (χ0v) is 15.2. The van der Waals surface area contributed by atoms with Crippen LogP contribution in [0.25, 0.3) is 5.65 Å². The number of rotatable bonds is 4. The predicted octanol–water partition coefficient (Wildman–Crippen LogP) is 1.23. The zero-order valence-electron chi connectivity index (χ0n) is 15.2. The minimum Gasteiger partial charge on any atom is -0.340 e. The summed E-state index contributed by atoms with van der Waals surface area (Å²) in [6.45, 7) is 4.07. The van der Waals surface area contributed by atoms with Crippen molar-refractivity contribution in [3.8, 4) is 0 Å². The molecular weight excluding hydrogens is 342 g/mol. The van der Waals surface area contributed by atoms with E-state index >= 15 is 0 Å². The highest BCUT2D eigenvalue weighted by Crippen LogP contribution is 2.09. The lowest BCUT2D eigenvalue weighted by atomic mass is 10.2. The van der Waals surface area contributed by atoms with Crippen LogP contribution < -0.4 is 5.69 Å². The molecule has 1 fully saturated rings. The summed E-state index contributed by atoms with van der Waals surface area (Å²) in [7, 11) is 0. The Labute approximate surface area is 157 Å². The Kier molecular flexibility index (Phi) is 5.02. The molecule has 0 atom stereocenters. The van der Waals surface area contributed by atoms with Crippen LogP contribution in [0, 0.1) is 0 Å². The first kappa shape index (κ1) is 17.5. The van der Waals surface area contributed by atoms with E-state index in [1.807, 2.05) is 17.0 Å². The maximum Gasteiger partial charge on any atom is 0.350 e. The third-order valence-corrected chi connectivity index (χ3v) is 4.96. The van der Waals surface area contributed by atoms with E-state index in [4.69, 9.17) is 0 Å². The quantitative estimate of drug-likeness (QED) is 0.698. The van der Waals surface area contributed by atoms with E-state index in [1.54, 1.807) is 18.3 Å². The Balaban J connectivity index is 1.39. The fourth-order valence-electron chi connectivity index (χ4n) is 3.52. The van der Waals surface area contributed by atoms with Gasteiger partial charge in [-0.05, 0) is 24.1 Å². The molecule has 1 aliphatic rings. The van der Waals surface area contributed by atoms with Crippen molar-refractivity contribution in [3.63, 3.8) is 0 Å². The molecule has 140 valence electrons. The second kappa shape index (κ2) is 7.75. The summed E-state index contributed by atoms with van der Waals surface area (Å²) >= 11 is 0. The Bertz CT molecular complexity index is 979. The van der Waals surface area contributed by atoms with Gasteiger partial charge in [0, 0.05) is 38.9 Å². The number of hydrogen-bond donors (Lipinski definition) is 0. The summed E-state index contributed by atoms with van der Waals surface area (Å²) in [5.74, 6) is -0.0536. The molecule has 2 aromatic heterocycles. The van der Waals surface area contributed by atoms with Crippen LogP contribution in [0.4, 0.5) is 0 Å². The lowest BCUT2D eigenvalue weighted by molar-refractivity contribution is -0.132. The molecule has 0 radical (unpaired) electrons. The van der Waals surface area contributed by atoms with Crippen molar-refractivity contribution in [3.05, 3.63) is 70.8 Å². The number of carbonyl (C=O) groups is 1. The Hall–Kier alpha value is -2.93. The largest absolute Gasteiger partial charge is 0.350 e. The number of fused-ring (bicyclic) bond motifs is 1. The van der Waals surface area contributed by atoms with Crippen molar-refractivity contribution in [2.45, 2.75) is 19.5 Å². The smallest absolute Gasteiger partial charge is 0.340 e. The van der Waals surface area contributed by atoms with Crippen molar-refractivity contribution in [2.75, 3.05) is 26.2 Å². The summed E-state index contributed by atoms with van der Waals surface area (Å²) < 4.78 is 2.71. The average Bonchev–Trinajstić information content (AvgIpc) is 2.85. The fourth-order valence-corrected chi connectivity index (χ4v) is 3.52. The monoisotopic (exact) mass is 365 g/mol. The maximum absolute atomic E-state index is 12.7. The van der Waals surface area contributed by atoms with Crippen molar-refractivity contribution in [2.24, 2.45) is 0 Å². The van der Waals surface area contributed by atoms with Crippen molar-refractivity contribution >= 4 is 11.6 Å². The normalized spacial score (nSPS) is 15.8. The number of amides is 1. The van der Waals surface area contributed by atoms with E-state index in [2.05, 4.69) is 34.3 Å². The van der Waals surface area contributed by atoms with E-state index in [-0.39, 0.29) is 18.1 Å². The van der Waals surface area contributed by atoms with Crippen molar-refractivity contribution in [1.29, 1.82) is 0 Å². The van der Waals surface area contributed by atoms with Gasteiger partial charge in [-0.25, -0.2) is 9.48 Å². The summed E-state index contributed by atoms with van der Waals surface area (Å²) in [5.41, 5.74) is 1.56. The third-order valence-electron chi connectivity index (χ3n) is 4.96. The summed E-state index contributed by atoms with van der Waals surface area (Å²) in [6, 6.07) is 15.7. The van der Waals surface area contributed by atoms with Gasteiger partial charge in [0.25, 0.3) is 0 Å². The highest BCUT2D eigenvalue weighted by molar-refractivity contribution is 5.76. The van der Waals surface area contributed by atoms with E-state index in [1.165, 1.54) is 14.6 Å². The van der Waals surface area contributed by atoms with Crippen LogP contribution in [0.1, 0.15) is 12.0 Å². The van der Waals surface area contributed by atoms with Gasteiger partial charge in [-0.15, -0.1) is 5.10 Å². The first-order valence-corrected chi connectivity index (χ1v) is 9.29. The molecule has 1 saturated heterocycles. The number of hydrogen-bond acceptors (Lipinski definition) is 4. The molecule has 0 N–H and O–H groups in total. The lowest BCUT2D eigenvalue weighted by Crippen LogP contribution is -2.39. The van der Waals surface area contributed by atoms with Crippen LogP contribution in [0.5, 0.6) is 0 Å². The minimum absolute atomic E-state index is 0.0147. The highest BCUT2D eigenvalue weighted by atomic mass is 16.2. The molecule has 27 heavy (non-hydrogen) atoms. The van der Waals surface area contributed by atoms with Crippen molar-refractivity contribution < 1.29 is 4.79 Å². The van der Waals surface area contributed by atoms with E-state index < -0.39 is 0 Å². The van der Waals surface area contributed by atoms with Gasteiger partial charge in [-0.2, -0.15) is 0 Å². The van der Waals surface area contributed by atoms with Gasteiger partial charge in [-0.3, -0.25) is 14.1 Å². The predicted molar refractivity (Wildman–Crippen MR) is 102 cm³/mol. The molecule has 0 bridgehead atoms. The molecular formula is C20H23N5O2. The maximum atomic E-state index is 12.7. The Morgan fingerprint density at radius 1 is 0.963 bits per heavy atom. The van der Waals surface area contributed by atoms with Crippen LogP contribution >= 0.6 is 0 Å². The second-order valence-electron chi connectivity index (χ2n) is 6.87. The summed E-state index contributed by atoms with van der Waals surface area (Å²) in [6.07, 6.45) is 2.59. The van der Waals surface area contributed by atoms with Gasteiger partial charge >= 0.3 is 5.69 Å². The molecule has 4 rings (SSSR count). The average molecular weight is 365 g/mol. The van der Waals surface area contributed by atoms with Gasteiger partial charge in [0.05, 0.1) is 0 Å². The molecule has 0 unspecified atom stereocenters. The first-order valence-electron chi connectivity index (χ1n) is 9.29. The van der Waals surface area contributed by atoms with Gasteiger partial charge in [0.2, 0.25) is 5.91 Å². The minimum atomic E-state index is -0.278. The van der Waals surface area contributed by atoms with Crippen LogP contribution in [0.15, 0.2) is 59.5 Å².